The van der Waals surface area contributed by atoms with Crippen molar-refractivity contribution in [3.8, 4) is 0 Å². The molecule has 1 aromatic carbocycles. The first-order valence-corrected chi connectivity index (χ1v) is 6.28. The molecule has 3 N–H and O–H groups in total. The molecular formula is C12H8Cl3N3O. The molecule has 0 atom stereocenters. The molecular weight excluding hydrogens is 309 g/mol. The van der Waals surface area contributed by atoms with Crippen molar-refractivity contribution in [2.75, 3.05) is 11.1 Å². The summed E-state index contributed by atoms with van der Waals surface area (Å²) < 4.78 is 0. The number of anilines is 2. The van der Waals surface area contributed by atoms with Crippen molar-refractivity contribution in [3.63, 3.8) is 0 Å². The number of nitrogens with two attached hydrogens (primary N) is 1. The van der Waals surface area contributed by atoms with Crippen LogP contribution in [0.25, 0.3) is 0 Å². The lowest BCUT2D eigenvalue weighted by Gasteiger charge is -2.07. The third-order valence-corrected chi connectivity index (χ3v) is 2.94. The van der Waals surface area contributed by atoms with Gasteiger partial charge in [-0.3, -0.25) is 4.79 Å². The van der Waals surface area contributed by atoms with Crippen LogP contribution >= 0.6 is 34.8 Å². The molecule has 1 aromatic heterocycles. The Balaban J connectivity index is 2.28. The van der Waals surface area contributed by atoms with Crippen LogP contribution in [0.1, 0.15) is 10.5 Å². The fourth-order valence-corrected chi connectivity index (χ4v) is 2.15. The monoisotopic (exact) mass is 315 g/mol. The topological polar surface area (TPSA) is 68.0 Å². The van der Waals surface area contributed by atoms with Crippen molar-refractivity contribution in [2.24, 2.45) is 0 Å². The maximum atomic E-state index is 12.0. The number of halogens is 3. The molecule has 19 heavy (non-hydrogen) atoms. The largest absolute Gasteiger partial charge is 0.384 e. The number of aromatic nitrogens is 1. The minimum atomic E-state index is -0.490. The summed E-state index contributed by atoms with van der Waals surface area (Å²) >= 11 is 17.6. The number of hydrogen-bond acceptors (Lipinski definition) is 3. The molecule has 0 saturated heterocycles. The standard InChI is InChI=1S/C12H8Cl3N3O/c13-6-3-7(14)5-8(4-6)17-12(19)11-9(15)1-2-10(16)18-11/h1-5H,(H2,16,18)(H,17,19). The molecule has 0 spiro atoms. The lowest BCUT2D eigenvalue weighted by Crippen LogP contribution is -2.15. The molecule has 0 unspecified atom stereocenters. The van der Waals surface area contributed by atoms with Crippen LogP contribution in [-0.4, -0.2) is 10.9 Å². The maximum absolute atomic E-state index is 12.0. The van der Waals surface area contributed by atoms with Gasteiger partial charge in [0.1, 0.15) is 11.5 Å². The first-order valence-electron chi connectivity index (χ1n) is 5.15. The average molecular weight is 317 g/mol. The second-order valence-electron chi connectivity index (χ2n) is 3.68. The van der Waals surface area contributed by atoms with E-state index >= 15 is 0 Å². The van der Waals surface area contributed by atoms with Crippen LogP contribution in [0.15, 0.2) is 30.3 Å². The molecule has 0 saturated carbocycles. The van der Waals surface area contributed by atoms with E-state index < -0.39 is 5.91 Å². The Morgan fingerprint density at radius 1 is 1.11 bits per heavy atom. The minimum Gasteiger partial charge on any atom is -0.384 e. The fraction of sp³-hybridized carbons (Fsp3) is 0. The molecule has 2 aromatic rings. The molecule has 7 heteroatoms. The molecule has 0 aliphatic carbocycles. The van der Waals surface area contributed by atoms with Gasteiger partial charge in [0.05, 0.1) is 5.02 Å². The zero-order chi connectivity index (χ0) is 14.0. The minimum absolute atomic E-state index is 0.0396. The number of rotatable bonds is 2. The SMILES string of the molecule is Nc1ccc(Cl)c(C(=O)Nc2cc(Cl)cc(Cl)c2)n1. The maximum Gasteiger partial charge on any atom is 0.275 e. The number of hydrogen-bond donors (Lipinski definition) is 2. The summed E-state index contributed by atoms with van der Waals surface area (Å²) in [6.07, 6.45) is 0. The van der Waals surface area contributed by atoms with Crippen molar-refractivity contribution in [3.05, 3.63) is 51.1 Å². The van der Waals surface area contributed by atoms with Crippen LogP contribution in [0.5, 0.6) is 0 Å². The van der Waals surface area contributed by atoms with Crippen molar-refractivity contribution < 1.29 is 4.79 Å². The number of nitrogen functional groups attached to an aromatic ring is 1. The predicted octanol–water partition coefficient (Wildman–Crippen LogP) is 3.88. The van der Waals surface area contributed by atoms with Gasteiger partial charge < -0.3 is 11.1 Å². The summed E-state index contributed by atoms with van der Waals surface area (Å²) in [5.74, 6) is -0.283. The highest BCUT2D eigenvalue weighted by atomic mass is 35.5. The van der Waals surface area contributed by atoms with E-state index in [0.717, 1.165) is 0 Å². The van der Waals surface area contributed by atoms with Crippen molar-refractivity contribution in [2.45, 2.75) is 0 Å². The van der Waals surface area contributed by atoms with Gasteiger partial charge in [-0.1, -0.05) is 34.8 Å². The summed E-state index contributed by atoms with van der Waals surface area (Å²) in [5.41, 5.74) is 6.00. The lowest BCUT2D eigenvalue weighted by molar-refractivity contribution is 0.102. The second-order valence-corrected chi connectivity index (χ2v) is 4.96. The molecule has 0 radical (unpaired) electrons. The molecule has 4 nitrogen and oxygen atoms in total. The Hall–Kier alpha value is -1.49. The number of amides is 1. The van der Waals surface area contributed by atoms with Gasteiger partial charge in [-0.15, -0.1) is 0 Å². The van der Waals surface area contributed by atoms with Gasteiger partial charge in [0.15, 0.2) is 0 Å². The highest BCUT2D eigenvalue weighted by Gasteiger charge is 2.13. The molecule has 0 bridgehead atoms. The summed E-state index contributed by atoms with van der Waals surface area (Å²) in [6, 6.07) is 7.70. The molecule has 1 heterocycles. The van der Waals surface area contributed by atoms with Crippen molar-refractivity contribution >= 4 is 52.2 Å². The lowest BCUT2D eigenvalue weighted by atomic mass is 10.3. The number of carbonyl (C=O) groups is 1. The molecule has 0 aliphatic heterocycles. The van der Waals surface area contributed by atoms with Crippen molar-refractivity contribution in [1.29, 1.82) is 0 Å². The Kier molecular flexibility index (Phi) is 4.14. The van der Waals surface area contributed by atoms with Crippen LogP contribution in [0.4, 0.5) is 11.5 Å². The Morgan fingerprint density at radius 3 is 2.37 bits per heavy atom. The zero-order valence-corrected chi connectivity index (χ0v) is 11.7. The Bertz CT molecular complexity index is 626. The summed E-state index contributed by atoms with van der Waals surface area (Å²) in [6.45, 7) is 0. The smallest absolute Gasteiger partial charge is 0.275 e. The molecule has 0 fully saturated rings. The van der Waals surface area contributed by atoms with E-state index in [1.54, 1.807) is 18.2 Å². The van der Waals surface area contributed by atoms with Crippen LogP contribution in [0, 0.1) is 0 Å². The van der Waals surface area contributed by atoms with Crippen LogP contribution < -0.4 is 11.1 Å². The normalized spacial score (nSPS) is 10.3. The van der Waals surface area contributed by atoms with Crippen LogP contribution in [-0.2, 0) is 0 Å². The fourth-order valence-electron chi connectivity index (χ4n) is 1.43. The summed E-state index contributed by atoms with van der Waals surface area (Å²) in [7, 11) is 0. The predicted molar refractivity (Wildman–Crippen MR) is 78.1 cm³/mol. The van der Waals surface area contributed by atoms with E-state index in [0.29, 0.717) is 15.7 Å². The molecule has 98 valence electrons. The van der Waals surface area contributed by atoms with Gasteiger partial charge in [-0.05, 0) is 30.3 Å². The van der Waals surface area contributed by atoms with Crippen molar-refractivity contribution in [1.82, 2.24) is 4.98 Å². The highest BCUT2D eigenvalue weighted by molar-refractivity contribution is 6.35. The number of nitrogens with zero attached hydrogens (tertiary/aromatic N) is 1. The first kappa shape index (κ1) is 13.9. The number of nitrogens with one attached hydrogen (secondary N) is 1. The van der Waals surface area contributed by atoms with Gasteiger partial charge >= 0.3 is 0 Å². The van der Waals surface area contributed by atoms with Gasteiger partial charge in [0.25, 0.3) is 5.91 Å². The van der Waals surface area contributed by atoms with E-state index in [2.05, 4.69) is 10.3 Å². The number of carbonyl (C=O) groups excluding carboxylic acids is 1. The van der Waals surface area contributed by atoms with Gasteiger partial charge in [0.2, 0.25) is 0 Å². The summed E-state index contributed by atoms with van der Waals surface area (Å²) in [5, 5.41) is 3.63. The second kappa shape index (κ2) is 5.65. The third kappa shape index (κ3) is 3.50. The first-order chi connectivity index (χ1) is 8.95. The quantitative estimate of drug-likeness (QED) is 0.883. The highest BCUT2D eigenvalue weighted by Crippen LogP contribution is 2.23. The molecule has 0 aliphatic rings. The van der Waals surface area contributed by atoms with Gasteiger partial charge in [-0.2, -0.15) is 0 Å². The van der Waals surface area contributed by atoms with E-state index in [1.807, 2.05) is 0 Å². The number of pyridine rings is 1. The van der Waals surface area contributed by atoms with Crippen LogP contribution in [0.2, 0.25) is 15.1 Å². The van der Waals surface area contributed by atoms with E-state index in [1.165, 1.54) is 12.1 Å². The van der Waals surface area contributed by atoms with Crippen LogP contribution in [0.3, 0.4) is 0 Å². The van der Waals surface area contributed by atoms with E-state index in [-0.39, 0.29) is 16.5 Å². The van der Waals surface area contributed by atoms with Gasteiger partial charge in [0, 0.05) is 15.7 Å². The Labute approximate surface area is 124 Å². The zero-order valence-electron chi connectivity index (χ0n) is 9.45. The summed E-state index contributed by atoms with van der Waals surface area (Å²) in [4.78, 5) is 15.9. The number of benzene rings is 1. The Morgan fingerprint density at radius 2 is 1.74 bits per heavy atom. The average Bonchev–Trinajstić information content (AvgIpc) is 2.30. The van der Waals surface area contributed by atoms with Gasteiger partial charge in [-0.25, -0.2) is 4.98 Å². The molecule has 1 amide bonds. The van der Waals surface area contributed by atoms with E-state index in [4.69, 9.17) is 40.5 Å². The third-order valence-electron chi connectivity index (χ3n) is 2.20. The molecule has 2 rings (SSSR count). The van der Waals surface area contributed by atoms with E-state index in [9.17, 15) is 4.79 Å².